The van der Waals surface area contributed by atoms with Crippen LogP contribution in [0.1, 0.15) is 38.7 Å². The number of benzene rings is 2. The van der Waals surface area contributed by atoms with E-state index in [4.69, 9.17) is 0 Å². The molecule has 0 aliphatic rings. The second-order valence-corrected chi connectivity index (χ2v) is 5.74. The van der Waals surface area contributed by atoms with Crippen molar-refractivity contribution in [2.24, 2.45) is 0 Å². The van der Waals surface area contributed by atoms with Crippen LogP contribution in [0.2, 0.25) is 0 Å². The van der Waals surface area contributed by atoms with E-state index < -0.39 is 11.8 Å². The molecule has 2 rings (SSSR count). The average molecular weight is 324 g/mol. The first-order chi connectivity index (χ1) is 11.6. The van der Waals surface area contributed by atoms with Crippen LogP contribution in [0.5, 0.6) is 0 Å². The smallest absolute Gasteiger partial charge is 0.316 e. The van der Waals surface area contributed by atoms with E-state index in [9.17, 15) is 9.59 Å². The Kier molecular flexibility index (Phi) is 6.13. The summed E-state index contributed by atoms with van der Waals surface area (Å²) in [6.07, 6.45) is 0.964. The molecule has 1 N–H and O–H groups in total. The summed E-state index contributed by atoms with van der Waals surface area (Å²) in [5, 5.41) is 2.78. The van der Waals surface area contributed by atoms with Crippen molar-refractivity contribution in [1.29, 1.82) is 0 Å². The zero-order valence-corrected chi connectivity index (χ0v) is 14.5. The molecule has 2 aromatic rings. The lowest BCUT2D eigenvalue weighted by Crippen LogP contribution is -2.39. The van der Waals surface area contributed by atoms with Crippen molar-refractivity contribution in [2.75, 3.05) is 16.8 Å². The van der Waals surface area contributed by atoms with E-state index in [1.807, 2.05) is 61.5 Å². The number of nitrogens with zero attached hydrogens (tertiary/aromatic N) is 1. The van der Waals surface area contributed by atoms with Crippen LogP contribution in [0.4, 0.5) is 11.4 Å². The van der Waals surface area contributed by atoms with Gasteiger partial charge in [0.2, 0.25) is 0 Å². The molecular weight excluding hydrogens is 300 g/mol. The van der Waals surface area contributed by atoms with Crippen molar-refractivity contribution in [2.45, 2.75) is 33.1 Å². The van der Waals surface area contributed by atoms with Crippen molar-refractivity contribution in [3.05, 3.63) is 60.2 Å². The molecule has 126 valence electrons. The lowest BCUT2D eigenvalue weighted by molar-refractivity contribution is -0.134. The van der Waals surface area contributed by atoms with Gasteiger partial charge in [0.15, 0.2) is 0 Å². The Bertz CT molecular complexity index is 698. The minimum Gasteiger partial charge on any atom is -0.318 e. The van der Waals surface area contributed by atoms with Gasteiger partial charge >= 0.3 is 11.8 Å². The molecule has 0 spiro atoms. The van der Waals surface area contributed by atoms with E-state index in [1.54, 1.807) is 0 Å². The summed E-state index contributed by atoms with van der Waals surface area (Å²) in [4.78, 5) is 26.5. The molecule has 24 heavy (non-hydrogen) atoms. The van der Waals surface area contributed by atoms with Crippen LogP contribution in [-0.4, -0.2) is 18.4 Å². The number of carbonyl (C=O) groups is 2. The van der Waals surface area contributed by atoms with E-state index in [2.05, 4.69) is 19.2 Å². The van der Waals surface area contributed by atoms with Gasteiger partial charge in [-0.2, -0.15) is 0 Å². The maximum absolute atomic E-state index is 12.5. The van der Waals surface area contributed by atoms with E-state index >= 15 is 0 Å². The number of likely N-dealkylation sites (N-methyl/N-ethyl adjacent to an activating group) is 1. The minimum absolute atomic E-state index is 0.313. The summed E-state index contributed by atoms with van der Waals surface area (Å²) < 4.78 is 0. The molecule has 4 heteroatoms. The van der Waals surface area contributed by atoms with Crippen LogP contribution in [0, 0.1) is 0 Å². The fraction of sp³-hybridized carbons (Fsp3) is 0.300. The van der Waals surface area contributed by atoms with Gasteiger partial charge < -0.3 is 10.2 Å². The van der Waals surface area contributed by atoms with E-state index in [1.165, 1.54) is 4.90 Å². The highest BCUT2D eigenvalue weighted by atomic mass is 16.2. The van der Waals surface area contributed by atoms with Crippen LogP contribution in [0.3, 0.4) is 0 Å². The largest absolute Gasteiger partial charge is 0.318 e. The van der Waals surface area contributed by atoms with Crippen LogP contribution in [0.15, 0.2) is 54.6 Å². The highest BCUT2D eigenvalue weighted by Crippen LogP contribution is 2.26. The summed E-state index contributed by atoms with van der Waals surface area (Å²) in [7, 11) is 0. The molecule has 0 heterocycles. The highest BCUT2D eigenvalue weighted by Gasteiger charge is 2.23. The third kappa shape index (κ3) is 4.02. The molecule has 0 radical (unpaired) electrons. The minimum atomic E-state index is -0.614. The van der Waals surface area contributed by atoms with Crippen molar-refractivity contribution in [3.8, 4) is 0 Å². The second-order valence-electron chi connectivity index (χ2n) is 5.74. The predicted molar refractivity (Wildman–Crippen MR) is 98.2 cm³/mol. The van der Waals surface area contributed by atoms with Crippen LogP contribution in [-0.2, 0) is 9.59 Å². The maximum atomic E-state index is 12.5. The first kappa shape index (κ1) is 17.7. The molecule has 2 amide bonds. The zero-order valence-electron chi connectivity index (χ0n) is 14.5. The van der Waals surface area contributed by atoms with E-state index in [0.29, 0.717) is 18.2 Å². The molecule has 0 saturated heterocycles. The Hall–Kier alpha value is -2.62. The number of carbonyl (C=O) groups excluding carboxylic acids is 2. The molecule has 0 aliphatic heterocycles. The molecule has 0 saturated carbocycles. The fourth-order valence-corrected chi connectivity index (χ4v) is 2.61. The third-order valence-corrected chi connectivity index (χ3v) is 4.18. The third-order valence-electron chi connectivity index (χ3n) is 4.18. The van der Waals surface area contributed by atoms with Gasteiger partial charge in [-0.15, -0.1) is 0 Å². The molecule has 0 aliphatic carbocycles. The number of hydrogen-bond donors (Lipinski definition) is 1. The summed E-state index contributed by atoms with van der Waals surface area (Å²) in [6, 6.07) is 16.9. The molecule has 0 aromatic heterocycles. The molecule has 4 nitrogen and oxygen atoms in total. The predicted octanol–water partition coefficient (Wildman–Crippen LogP) is 4.19. The quantitative estimate of drug-likeness (QED) is 0.838. The normalized spacial score (nSPS) is 11.6. The molecule has 1 atom stereocenters. The number of rotatable bonds is 5. The first-order valence-corrected chi connectivity index (χ1v) is 8.35. The SMILES string of the molecule is CCC(C)c1ccccc1NC(=O)C(=O)N(CC)c1ccccc1. The molecule has 0 bridgehead atoms. The lowest BCUT2D eigenvalue weighted by Gasteiger charge is -2.21. The molecule has 2 aromatic carbocycles. The van der Waals surface area contributed by atoms with Crippen molar-refractivity contribution < 1.29 is 9.59 Å². The van der Waals surface area contributed by atoms with Crippen molar-refractivity contribution in [1.82, 2.24) is 0 Å². The van der Waals surface area contributed by atoms with E-state index in [-0.39, 0.29) is 0 Å². The van der Waals surface area contributed by atoms with Crippen LogP contribution in [0.25, 0.3) is 0 Å². The summed E-state index contributed by atoms with van der Waals surface area (Å²) in [5.41, 5.74) is 2.47. The Morgan fingerprint density at radius 3 is 2.25 bits per heavy atom. The summed E-state index contributed by atoms with van der Waals surface area (Å²) in [5.74, 6) is -0.855. The van der Waals surface area contributed by atoms with Crippen LogP contribution >= 0.6 is 0 Å². The average Bonchev–Trinajstić information content (AvgIpc) is 2.63. The first-order valence-electron chi connectivity index (χ1n) is 8.35. The van der Waals surface area contributed by atoms with Gasteiger partial charge in [0.05, 0.1) is 0 Å². The summed E-state index contributed by atoms with van der Waals surface area (Å²) >= 11 is 0. The number of nitrogens with one attached hydrogen (secondary N) is 1. The van der Waals surface area contributed by atoms with Gasteiger partial charge in [0, 0.05) is 17.9 Å². The second kappa shape index (κ2) is 8.29. The molecule has 0 fully saturated rings. The van der Waals surface area contributed by atoms with Crippen LogP contribution < -0.4 is 10.2 Å². The van der Waals surface area contributed by atoms with E-state index in [0.717, 1.165) is 17.7 Å². The Labute approximate surface area is 143 Å². The van der Waals surface area contributed by atoms with Gasteiger partial charge in [0.25, 0.3) is 0 Å². The van der Waals surface area contributed by atoms with Gasteiger partial charge in [0.1, 0.15) is 0 Å². The molecular formula is C20H24N2O2. The lowest BCUT2D eigenvalue weighted by atomic mass is 9.97. The number of hydrogen-bond acceptors (Lipinski definition) is 2. The Morgan fingerprint density at radius 2 is 1.62 bits per heavy atom. The van der Waals surface area contributed by atoms with Gasteiger partial charge in [-0.05, 0) is 43.0 Å². The topological polar surface area (TPSA) is 49.4 Å². The monoisotopic (exact) mass is 324 g/mol. The Morgan fingerprint density at radius 1 is 1.00 bits per heavy atom. The van der Waals surface area contributed by atoms with Gasteiger partial charge in [-0.1, -0.05) is 50.2 Å². The van der Waals surface area contributed by atoms with Gasteiger partial charge in [-0.25, -0.2) is 0 Å². The Balaban J connectivity index is 2.19. The van der Waals surface area contributed by atoms with Crippen molar-refractivity contribution in [3.63, 3.8) is 0 Å². The number of amides is 2. The highest BCUT2D eigenvalue weighted by molar-refractivity contribution is 6.44. The van der Waals surface area contributed by atoms with Crippen molar-refractivity contribution >= 4 is 23.2 Å². The molecule has 1 unspecified atom stereocenters. The van der Waals surface area contributed by atoms with Gasteiger partial charge in [-0.3, -0.25) is 9.59 Å². The standard InChI is InChI=1S/C20H24N2O2/c1-4-15(3)17-13-9-10-14-18(17)21-19(23)20(24)22(5-2)16-11-7-6-8-12-16/h6-15H,4-5H2,1-3H3,(H,21,23). The number of anilines is 2. The fourth-order valence-electron chi connectivity index (χ4n) is 2.61. The maximum Gasteiger partial charge on any atom is 0.316 e. The summed E-state index contributed by atoms with van der Waals surface area (Å²) in [6.45, 7) is 6.49. The zero-order chi connectivity index (χ0) is 17.5. The number of para-hydroxylation sites is 2.